The van der Waals surface area contributed by atoms with E-state index in [0.717, 1.165) is 16.0 Å². The lowest BCUT2D eigenvalue weighted by molar-refractivity contribution is -0.123. The van der Waals surface area contributed by atoms with Gasteiger partial charge in [-0.25, -0.2) is 0 Å². The van der Waals surface area contributed by atoms with Crippen LogP contribution in [0.3, 0.4) is 0 Å². The van der Waals surface area contributed by atoms with Gasteiger partial charge in [-0.3, -0.25) is 4.79 Å². The molecular formula is C20H21NO2S2. The topological polar surface area (TPSA) is 49.3 Å². The van der Waals surface area contributed by atoms with Gasteiger partial charge in [-0.1, -0.05) is 43.3 Å². The number of nitrogens with one attached hydrogen (secondary N) is 1. The minimum Gasteiger partial charge on any atom is -0.378 e. The Hall–Kier alpha value is -1.95. The highest BCUT2D eigenvalue weighted by Crippen LogP contribution is 2.33. The summed E-state index contributed by atoms with van der Waals surface area (Å²) < 4.78 is 0. The van der Waals surface area contributed by atoms with E-state index in [4.69, 9.17) is 0 Å². The highest BCUT2D eigenvalue weighted by Gasteiger charge is 2.34. The van der Waals surface area contributed by atoms with Gasteiger partial charge in [-0.2, -0.15) is 11.3 Å². The van der Waals surface area contributed by atoms with Crippen molar-refractivity contribution in [3.05, 3.63) is 80.7 Å². The number of carbonyl (C=O) groups excluding carboxylic acids is 1. The molecular weight excluding hydrogens is 350 g/mol. The number of rotatable bonds is 7. The second-order valence-electron chi connectivity index (χ2n) is 5.94. The summed E-state index contributed by atoms with van der Waals surface area (Å²) in [5, 5.41) is 20.1. The van der Waals surface area contributed by atoms with Crippen molar-refractivity contribution in [2.75, 3.05) is 6.54 Å². The van der Waals surface area contributed by atoms with Crippen LogP contribution in [0.15, 0.2) is 64.7 Å². The average Bonchev–Trinajstić information content (AvgIpc) is 3.35. The number of thiophene rings is 2. The fraction of sp³-hybridized carbons (Fsp3) is 0.250. The van der Waals surface area contributed by atoms with Gasteiger partial charge in [0, 0.05) is 10.4 Å². The van der Waals surface area contributed by atoms with Gasteiger partial charge in [0.2, 0.25) is 5.91 Å². The molecule has 2 heterocycles. The summed E-state index contributed by atoms with van der Waals surface area (Å²) in [7, 11) is 0. The monoisotopic (exact) mass is 371 g/mol. The largest absolute Gasteiger partial charge is 0.378 e. The van der Waals surface area contributed by atoms with Crippen LogP contribution in [0, 0.1) is 0 Å². The average molecular weight is 372 g/mol. The first-order valence-corrected chi connectivity index (χ1v) is 10.1. The molecule has 0 aliphatic rings. The molecule has 25 heavy (non-hydrogen) atoms. The van der Waals surface area contributed by atoms with Crippen LogP contribution in [-0.2, 0) is 10.4 Å². The number of benzene rings is 1. The van der Waals surface area contributed by atoms with E-state index in [-0.39, 0.29) is 18.4 Å². The first-order chi connectivity index (χ1) is 12.1. The van der Waals surface area contributed by atoms with E-state index in [1.807, 2.05) is 71.6 Å². The van der Waals surface area contributed by atoms with Crippen molar-refractivity contribution in [3.8, 4) is 0 Å². The number of aliphatic hydroxyl groups is 1. The highest BCUT2D eigenvalue weighted by atomic mass is 32.1. The Morgan fingerprint density at radius 2 is 1.96 bits per heavy atom. The second kappa shape index (κ2) is 7.95. The maximum atomic E-state index is 12.7. The lowest BCUT2D eigenvalue weighted by atomic mass is 9.92. The molecule has 3 rings (SSSR count). The van der Waals surface area contributed by atoms with Crippen LogP contribution in [0.2, 0.25) is 0 Å². The first kappa shape index (κ1) is 17.9. The molecule has 2 N–H and O–H groups in total. The van der Waals surface area contributed by atoms with Crippen molar-refractivity contribution in [1.29, 1.82) is 0 Å². The molecule has 2 aromatic heterocycles. The maximum Gasteiger partial charge on any atom is 0.227 e. The van der Waals surface area contributed by atoms with Crippen molar-refractivity contribution in [2.45, 2.75) is 24.9 Å². The standard InChI is InChI=1S/C20H21NO2S2/c1-2-17(15-7-4-3-5-8-15)19(22)21-14-20(23,16-10-12-24-13-16)18-9-6-11-25-18/h3-13,17,23H,2,14H2,1H3,(H,21,22)/t17-,20+/m1/s1. The lowest BCUT2D eigenvalue weighted by Crippen LogP contribution is -2.42. The number of hydrogen-bond donors (Lipinski definition) is 2. The quantitative estimate of drug-likeness (QED) is 0.648. The highest BCUT2D eigenvalue weighted by molar-refractivity contribution is 7.10. The summed E-state index contributed by atoms with van der Waals surface area (Å²) in [5.74, 6) is -0.268. The molecule has 0 spiro atoms. The molecule has 0 fully saturated rings. The van der Waals surface area contributed by atoms with Gasteiger partial charge in [0.05, 0.1) is 12.5 Å². The normalized spacial score (nSPS) is 14.6. The van der Waals surface area contributed by atoms with Crippen LogP contribution in [0.1, 0.15) is 35.3 Å². The number of carbonyl (C=O) groups is 1. The Labute approximate surface area is 156 Å². The Balaban J connectivity index is 1.79. The Kier molecular flexibility index (Phi) is 5.68. The molecule has 1 amide bonds. The Morgan fingerprint density at radius 1 is 1.16 bits per heavy atom. The first-order valence-electron chi connectivity index (χ1n) is 8.27. The van der Waals surface area contributed by atoms with E-state index in [0.29, 0.717) is 6.42 Å². The molecule has 5 heteroatoms. The van der Waals surface area contributed by atoms with E-state index < -0.39 is 5.60 Å². The number of amides is 1. The van der Waals surface area contributed by atoms with Crippen molar-refractivity contribution in [3.63, 3.8) is 0 Å². The zero-order chi connectivity index (χ0) is 17.7. The Bertz CT molecular complexity index is 748. The van der Waals surface area contributed by atoms with E-state index >= 15 is 0 Å². The van der Waals surface area contributed by atoms with Gasteiger partial charge >= 0.3 is 0 Å². The zero-order valence-electron chi connectivity index (χ0n) is 14.0. The molecule has 0 saturated heterocycles. The van der Waals surface area contributed by atoms with Gasteiger partial charge in [-0.05, 0) is 40.3 Å². The summed E-state index contributed by atoms with van der Waals surface area (Å²) in [6.07, 6.45) is 0.714. The fourth-order valence-electron chi connectivity index (χ4n) is 2.94. The van der Waals surface area contributed by atoms with Gasteiger partial charge < -0.3 is 10.4 Å². The van der Waals surface area contributed by atoms with Crippen LogP contribution in [0.25, 0.3) is 0 Å². The molecule has 0 bridgehead atoms. The summed E-state index contributed by atoms with van der Waals surface area (Å²) in [4.78, 5) is 13.6. The van der Waals surface area contributed by atoms with Crippen molar-refractivity contribution >= 4 is 28.6 Å². The fourth-order valence-corrected chi connectivity index (χ4v) is 4.51. The van der Waals surface area contributed by atoms with Gasteiger partial charge in [0.15, 0.2) is 0 Å². The van der Waals surface area contributed by atoms with Crippen molar-refractivity contribution in [1.82, 2.24) is 5.32 Å². The van der Waals surface area contributed by atoms with E-state index in [9.17, 15) is 9.90 Å². The summed E-state index contributed by atoms with van der Waals surface area (Å²) in [6.45, 7) is 2.16. The minimum absolute atomic E-state index is 0.0566. The Morgan fingerprint density at radius 3 is 2.56 bits per heavy atom. The molecule has 0 aliphatic heterocycles. The van der Waals surface area contributed by atoms with Crippen LogP contribution in [0.5, 0.6) is 0 Å². The molecule has 0 unspecified atom stereocenters. The molecule has 0 radical (unpaired) electrons. The number of hydrogen-bond acceptors (Lipinski definition) is 4. The summed E-state index contributed by atoms with van der Waals surface area (Å²) >= 11 is 3.03. The van der Waals surface area contributed by atoms with Crippen LogP contribution >= 0.6 is 22.7 Å². The van der Waals surface area contributed by atoms with Crippen LogP contribution in [-0.4, -0.2) is 17.6 Å². The van der Waals surface area contributed by atoms with Gasteiger partial charge in [0.25, 0.3) is 0 Å². The van der Waals surface area contributed by atoms with E-state index in [1.165, 1.54) is 22.7 Å². The zero-order valence-corrected chi connectivity index (χ0v) is 15.6. The molecule has 3 aromatic rings. The second-order valence-corrected chi connectivity index (χ2v) is 7.67. The third kappa shape index (κ3) is 3.84. The molecule has 0 aliphatic carbocycles. The predicted molar refractivity (Wildman–Crippen MR) is 104 cm³/mol. The van der Waals surface area contributed by atoms with E-state index in [2.05, 4.69) is 5.32 Å². The third-order valence-electron chi connectivity index (χ3n) is 4.37. The lowest BCUT2D eigenvalue weighted by Gasteiger charge is -2.28. The van der Waals surface area contributed by atoms with Crippen LogP contribution < -0.4 is 5.32 Å². The van der Waals surface area contributed by atoms with Crippen molar-refractivity contribution in [2.24, 2.45) is 0 Å². The molecule has 2 atom stereocenters. The van der Waals surface area contributed by atoms with Crippen LogP contribution in [0.4, 0.5) is 0 Å². The van der Waals surface area contributed by atoms with Gasteiger partial charge in [0.1, 0.15) is 5.60 Å². The summed E-state index contributed by atoms with van der Waals surface area (Å²) in [6, 6.07) is 15.5. The smallest absolute Gasteiger partial charge is 0.227 e. The van der Waals surface area contributed by atoms with E-state index in [1.54, 1.807) is 0 Å². The molecule has 130 valence electrons. The molecule has 0 saturated carbocycles. The SMILES string of the molecule is CC[C@@H](C(=O)NC[C@](O)(c1ccsc1)c1cccs1)c1ccccc1. The predicted octanol–water partition coefficient (Wildman–Crippen LogP) is 4.36. The molecule has 1 aromatic carbocycles. The third-order valence-corrected chi connectivity index (χ3v) is 6.08. The van der Waals surface area contributed by atoms with Crippen molar-refractivity contribution < 1.29 is 9.90 Å². The van der Waals surface area contributed by atoms with Gasteiger partial charge in [-0.15, -0.1) is 11.3 Å². The maximum absolute atomic E-state index is 12.7. The minimum atomic E-state index is -1.20. The summed E-state index contributed by atoms with van der Waals surface area (Å²) in [5.41, 5.74) is 0.615. The molecule has 3 nitrogen and oxygen atoms in total.